The molecule has 0 spiro atoms. The highest BCUT2D eigenvalue weighted by Crippen LogP contribution is 2.25. The van der Waals surface area contributed by atoms with E-state index in [1.165, 1.54) is 5.56 Å². The summed E-state index contributed by atoms with van der Waals surface area (Å²) in [4.78, 5) is 16.4. The molecule has 0 aromatic heterocycles. The first-order valence-electron chi connectivity index (χ1n) is 10.6. The lowest BCUT2D eigenvalue weighted by molar-refractivity contribution is -0.0230. The molecular weight excluding hydrogens is 367 g/mol. The van der Waals surface area contributed by atoms with Gasteiger partial charge in [0.1, 0.15) is 5.60 Å². The summed E-state index contributed by atoms with van der Waals surface area (Å²) in [7, 11) is -0.322. The van der Waals surface area contributed by atoms with Crippen molar-refractivity contribution in [1.29, 1.82) is 0 Å². The van der Waals surface area contributed by atoms with Gasteiger partial charge in [-0.3, -0.25) is 4.90 Å². The smallest absolute Gasteiger partial charge is 0.444 e. The zero-order chi connectivity index (χ0) is 21.2. The Morgan fingerprint density at radius 3 is 2.55 bits per heavy atom. The minimum absolute atomic E-state index is 0.174. The molecule has 0 aliphatic carbocycles. The molecule has 3 rings (SSSR count). The second-order valence-corrected chi connectivity index (χ2v) is 9.85. The number of hydrogen-bond acceptors (Lipinski definition) is 5. The molecule has 2 saturated heterocycles. The van der Waals surface area contributed by atoms with Crippen molar-refractivity contribution >= 4 is 18.7 Å². The van der Waals surface area contributed by atoms with Crippen LogP contribution >= 0.6 is 0 Å². The predicted molar refractivity (Wildman–Crippen MR) is 115 cm³/mol. The molecule has 1 unspecified atom stereocenters. The van der Waals surface area contributed by atoms with Crippen LogP contribution in [0.3, 0.4) is 0 Å². The third kappa shape index (κ3) is 6.46. The van der Waals surface area contributed by atoms with Crippen molar-refractivity contribution in [2.75, 3.05) is 26.2 Å². The SMILES string of the molecule is CC1CC(C)(C)OB(c2cccc(CN3CCN(C(=O)OC(C)(C)C)CC3)c2)O1. The van der Waals surface area contributed by atoms with E-state index in [1.807, 2.05) is 20.8 Å². The van der Waals surface area contributed by atoms with Gasteiger partial charge in [-0.25, -0.2) is 4.79 Å². The van der Waals surface area contributed by atoms with E-state index in [1.54, 1.807) is 4.90 Å². The summed E-state index contributed by atoms with van der Waals surface area (Å²) in [6.07, 6.45) is 0.848. The Hall–Kier alpha value is -1.57. The summed E-state index contributed by atoms with van der Waals surface area (Å²) in [5.41, 5.74) is 1.66. The van der Waals surface area contributed by atoms with Gasteiger partial charge in [0.05, 0.1) is 5.60 Å². The summed E-state index contributed by atoms with van der Waals surface area (Å²) in [6.45, 7) is 15.9. The van der Waals surface area contributed by atoms with Crippen molar-refractivity contribution in [1.82, 2.24) is 9.80 Å². The van der Waals surface area contributed by atoms with Crippen molar-refractivity contribution in [2.45, 2.75) is 71.8 Å². The van der Waals surface area contributed by atoms with Gasteiger partial charge in [-0.15, -0.1) is 0 Å². The molecule has 1 aromatic carbocycles. The van der Waals surface area contributed by atoms with Crippen LogP contribution in [0.2, 0.25) is 0 Å². The van der Waals surface area contributed by atoms with Gasteiger partial charge in [-0.2, -0.15) is 0 Å². The molecule has 0 N–H and O–H groups in total. The van der Waals surface area contributed by atoms with Crippen molar-refractivity contribution < 1.29 is 18.8 Å². The molecule has 2 aliphatic rings. The van der Waals surface area contributed by atoms with E-state index in [9.17, 15) is 4.79 Å². The lowest BCUT2D eigenvalue weighted by atomic mass is 9.74. The summed E-state index contributed by atoms with van der Waals surface area (Å²) >= 11 is 0. The molecule has 1 atom stereocenters. The molecule has 29 heavy (non-hydrogen) atoms. The number of amides is 1. The molecular formula is C22H35BN2O4. The number of carbonyl (C=O) groups excluding carboxylic acids is 1. The highest BCUT2D eigenvalue weighted by molar-refractivity contribution is 6.61. The summed E-state index contributed by atoms with van der Waals surface area (Å²) in [5.74, 6) is 0. The third-order valence-electron chi connectivity index (χ3n) is 5.21. The molecule has 1 aromatic rings. The molecule has 2 heterocycles. The van der Waals surface area contributed by atoms with Crippen LogP contribution in [0, 0.1) is 0 Å². The molecule has 6 nitrogen and oxygen atoms in total. The summed E-state index contributed by atoms with van der Waals surface area (Å²) in [6, 6.07) is 8.46. The van der Waals surface area contributed by atoms with Gasteiger partial charge in [0, 0.05) is 38.8 Å². The fraction of sp³-hybridized carbons (Fsp3) is 0.682. The Bertz CT molecular complexity index is 711. The average Bonchev–Trinajstić information content (AvgIpc) is 2.59. The van der Waals surface area contributed by atoms with E-state index < -0.39 is 5.60 Å². The van der Waals surface area contributed by atoms with Crippen LogP contribution in [-0.2, 0) is 20.6 Å². The van der Waals surface area contributed by atoms with E-state index >= 15 is 0 Å². The molecule has 0 saturated carbocycles. The molecule has 160 valence electrons. The number of piperazine rings is 1. The third-order valence-corrected chi connectivity index (χ3v) is 5.21. The number of carbonyl (C=O) groups is 1. The summed E-state index contributed by atoms with van der Waals surface area (Å²) < 4.78 is 17.7. The Morgan fingerprint density at radius 2 is 1.93 bits per heavy atom. The van der Waals surface area contributed by atoms with Crippen LogP contribution in [0.15, 0.2) is 24.3 Å². The van der Waals surface area contributed by atoms with E-state index in [0.29, 0.717) is 13.1 Å². The second kappa shape index (κ2) is 8.66. The first kappa shape index (κ1) is 22.1. The molecule has 0 bridgehead atoms. The van der Waals surface area contributed by atoms with Crippen LogP contribution in [0.1, 0.15) is 53.5 Å². The van der Waals surface area contributed by atoms with Crippen LogP contribution in [0.5, 0.6) is 0 Å². The van der Waals surface area contributed by atoms with Gasteiger partial charge in [0.15, 0.2) is 0 Å². The van der Waals surface area contributed by atoms with Gasteiger partial charge in [-0.1, -0.05) is 24.3 Å². The van der Waals surface area contributed by atoms with E-state index in [-0.39, 0.29) is 24.9 Å². The molecule has 0 radical (unpaired) electrons. The van der Waals surface area contributed by atoms with Crippen LogP contribution in [0.4, 0.5) is 4.79 Å². The van der Waals surface area contributed by atoms with Crippen molar-refractivity contribution in [3.8, 4) is 0 Å². The second-order valence-electron chi connectivity index (χ2n) is 9.85. The van der Waals surface area contributed by atoms with Gasteiger partial charge in [0.2, 0.25) is 0 Å². The van der Waals surface area contributed by atoms with Gasteiger partial charge in [-0.05, 0) is 59.0 Å². The van der Waals surface area contributed by atoms with Crippen molar-refractivity contribution in [3.05, 3.63) is 29.8 Å². The Labute approximate surface area is 175 Å². The maximum absolute atomic E-state index is 12.2. The fourth-order valence-electron chi connectivity index (χ4n) is 3.97. The number of ether oxygens (including phenoxy) is 1. The first-order chi connectivity index (χ1) is 13.5. The molecule has 1 amide bonds. The average molecular weight is 402 g/mol. The minimum atomic E-state index is -0.454. The highest BCUT2D eigenvalue weighted by atomic mass is 16.6. The number of hydrogen-bond donors (Lipinski definition) is 0. The Balaban J connectivity index is 1.56. The maximum atomic E-state index is 12.2. The molecule has 2 aliphatic heterocycles. The maximum Gasteiger partial charge on any atom is 0.494 e. The van der Waals surface area contributed by atoms with Crippen LogP contribution in [0.25, 0.3) is 0 Å². The molecule has 2 fully saturated rings. The van der Waals surface area contributed by atoms with Gasteiger partial charge < -0.3 is 18.9 Å². The van der Waals surface area contributed by atoms with Gasteiger partial charge >= 0.3 is 13.2 Å². The number of nitrogens with zero attached hydrogens (tertiary/aromatic N) is 2. The Kier molecular flexibility index (Phi) is 6.61. The Morgan fingerprint density at radius 1 is 1.24 bits per heavy atom. The lowest BCUT2D eigenvalue weighted by Crippen LogP contribution is -2.52. The predicted octanol–water partition coefficient (Wildman–Crippen LogP) is 3.04. The number of rotatable bonds is 3. The number of benzene rings is 1. The van der Waals surface area contributed by atoms with Crippen molar-refractivity contribution in [2.24, 2.45) is 0 Å². The van der Waals surface area contributed by atoms with Crippen LogP contribution in [-0.4, -0.2) is 66.5 Å². The van der Waals surface area contributed by atoms with Gasteiger partial charge in [0.25, 0.3) is 0 Å². The van der Waals surface area contributed by atoms with E-state index in [2.05, 4.69) is 49.9 Å². The molecule has 7 heteroatoms. The first-order valence-corrected chi connectivity index (χ1v) is 10.6. The zero-order valence-corrected chi connectivity index (χ0v) is 18.7. The zero-order valence-electron chi connectivity index (χ0n) is 18.7. The normalized spacial score (nSPS) is 23.2. The topological polar surface area (TPSA) is 51.2 Å². The minimum Gasteiger partial charge on any atom is -0.444 e. The quantitative estimate of drug-likeness (QED) is 0.728. The van der Waals surface area contributed by atoms with E-state index in [0.717, 1.165) is 31.5 Å². The lowest BCUT2D eigenvalue weighted by Gasteiger charge is -2.38. The van der Waals surface area contributed by atoms with E-state index in [4.69, 9.17) is 14.0 Å². The van der Waals surface area contributed by atoms with Crippen LogP contribution < -0.4 is 5.46 Å². The standard InChI is InChI=1S/C22H35BN2O4/c1-17-15-22(5,6)29-23(28-17)19-9-7-8-18(14-19)16-24-10-12-25(13-11-24)20(26)27-21(2,3)4/h7-9,14,17H,10-13,15-16H2,1-6H3. The summed E-state index contributed by atoms with van der Waals surface area (Å²) in [5, 5.41) is 0. The fourth-order valence-corrected chi connectivity index (χ4v) is 3.97. The largest absolute Gasteiger partial charge is 0.494 e. The monoisotopic (exact) mass is 402 g/mol. The van der Waals surface area contributed by atoms with Crippen molar-refractivity contribution in [3.63, 3.8) is 0 Å². The highest BCUT2D eigenvalue weighted by Gasteiger charge is 2.38.